The van der Waals surface area contributed by atoms with Gasteiger partial charge in [0.2, 0.25) is 10.0 Å². The SMILES string of the molecule is CCc1cccc(OCCOC(=O)c2cccc(S(=O)(=O)N3CCOCC3)c2)c1. The maximum atomic E-state index is 12.7. The molecule has 0 N–H and O–H groups in total. The van der Waals surface area contributed by atoms with Crippen molar-refractivity contribution in [1.29, 1.82) is 0 Å². The minimum atomic E-state index is -3.67. The van der Waals surface area contributed by atoms with E-state index in [1.165, 1.54) is 28.6 Å². The van der Waals surface area contributed by atoms with E-state index in [2.05, 4.69) is 6.92 Å². The third kappa shape index (κ3) is 5.56. The van der Waals surface area contributed by atoms with Gasteiger partial charge in [-0.15, -0.1) is 0 Å². The highest BCUT2D eigenvalue weighted by molar-refractivity contribution is 7.89. The van der Waals surface area contributed by atoms with Crippen molar-refractivity contribution in [2.75, 3.05) is 39.5 Å². The van der Waals surface area contributed by atoms with E-state index in [9.17, 15) is 13.2 Å². The summed E-state index contributed by atoms with van der Waals surface area (Å²) in [5.74, 6) is 0.133. The number of ether oxygens (including phenoxy) is 3. The molecule has 0 bridgehead atoms. The van der Waals surface area contributed by atoms with Crippen LogP contribution in [-0.4, -0.2) is 58.2 Å². The second-order valence-electron chi connectivity index (χ2n) is 6.53. The molecule has 1 aliphatic rings. The fourth-order valence-corrected chi connectivity index (χ4v) is 4.41. The van der Waals surface area contributed by atoms with Crippen molar-refractivity contribution in [3.05, 3.63) is 59.7 Å². The van der Waals surface area contributed by atoms with Crippen LogP contribution in [0.3, 0.4) is 0 Å². The van der Waals surface area contributed by atoms with E-state index in [0.717, 1.165) is 17.7 Å². The minimum Gasteiger partial charge on any atom is -0.490 e. The van der Waals surface area contributed by atoms with Crippen molar-refractivity contribution >= 4 is 16.0 Å². The smallest absolute Gasteiger partial charge is 0.338 e. The molecule has 0 unspecified atom stereocenters. The summed E-state index contributed by atoms with van der Waals surface area (Å²) < 4.78 is 42.8. The van der Waals surface area contributed by atoms with Crippen LogP contribution in [-0.2, 0) is 25.9 Å². The van der Waals surface area contributed by atoms with Crippen molar-refractivity contribution < 1.29 is 27.4 Å². The van der Waals surface area contributed by atoms with E-state index in [1.54, 1.807) is 0 Å². The monoisotopic (exact) mass is 419 g/mol. The van der Waals surface area contributed by atoms with Crippen molar-refractivity contribution in [3.8, 4) is 5.75 Å². The number of carbonyl (C=O) groups is 1. The van der Waals surface area contributed by atoms with Crippen LogP contribution in [0.2, 0.25) is 0 Å². The van der Waals surface area contributed by atoms with Gasteiger partial charge in [-0.1, -0.05) is 25.1 Å². The molecule has 0 aromatic heterocycles. The Morgan fingerprint density at radius 2 is 1.83 bits per heavy atom. The largest absolute Gasteiger partial charge is 0.490 e. The Morgan fingerprint density at radius 3 is 2.59 bits per heavy atom. The van der Waals surface area contributed by atoms with Crippen LogP contribution in [0, 0.1) is 0 Å². The second kappa shape index (κ2) is 9.87. The van der Waals surface area contributed by atoms with Gasteiger partial charge in [-0.25, -0.2) is 13.2 Å². The van der Waals surface area contributed by atoms with Crippen molar-refractivity contribution in [2.45, 2.75) is 18.2 Å². The summed E-state index contributed by atoms with van der Waals surface area (Å²) >= 11 is 0. The average molecular weight is 419 g/mol. The number of nitrogens with zero attached hydrogens (tertiary/aromatic N) is 1. The molecule has 1 fully saturated rings. The zero-order valence-electron chi connectivity index (χ0n) is 16.4. The molecule has 2 aromatic rings. The highest BCUT2D eigenvalue weighted by Gasteiger charge is 2.27. The summed E-state index contributed by atoms with van der Waals surface area (Å²) in [5.41, 5.74) is 1.35. The highest BCUT2D eigenvalue weighted by Crippen LogP contribution is 2.19. The van der Waals surface area contributed by atoms with Gasteiger partial charge in [0.1, 0.15) is 19.0 Å². The minimum absolute atomic E-state index is 0.0651. The van der Waals surface area contributed by atoms with Gasteiger partial charge in [0, 0.05) is 13.1 Å². The van der Waals surface area contributed by atoms with Gasteiger partial charge in [-0.05, 0) is 42.3 Å². The first-order valence-corrected chi connectivity index (χ1v) is 11.0. The Balaban J connectivity index is 1.56. The molecule has 29 heavy (non-hydrogen) atoms. The van der Waals surface area contributed by atoms with Crippen LogP contribution in [0.5, 0.6) is 5.75 Å². The summed E-state index contributed by atoms with van der Waals surface area (Å²) in [7, 11) is -3.67. The van der Waals surface area contributed by atoms with E-state index >= 15 is 0 Å². The molecule has 3 rings (SSSR count). The van der Waals surface area contributed by atoms with Crippen molar-refractivity contribution in [3.63, 3.8) is 0 Å². The van der Waals surface area contributed by atoms with Gasteiger partial charge in [0.25, 0.3) is 0 Å². The van der Waals surface area contributed by atoms with Crippen LogP contribution in [0.25, 0.3) is 0 Å². The summed E-state index contributed by atoms with van der Waals surface area (Å²) in [6.45, 7) is 3.67. The van der Waals surface area contributed by atoms with Gasteiger partial charge < -0.3 is 14.2 Å². The Morgan fingerprint density at radius 1 is 1.07 bits per heavy atom. The molecule has 1 heterocycles. The third-order valence-corrected chi connectivity index (χ3v) is 6.46. The summed E-state index contributed by atoms with van der Waals surface area (Å²) in [4.78, 5) is 12.4. The van der Waals surface area contributed by atoms with Crippen molar-refractivity contribution in [1.82, 2.24) is 4.31 Å². The molecular weight excluding hydrogens is 394 g/mol. The number of hydrogen-bond donors (Lipinski definition) is 0. The quantitative estimate of drug-likeness (QED) is 0.483. The zero-order valence-corrected chi connectivity index (χ0v) is 17.2. The predicted octanol–water partition coefficient (Wildman–Crippen LogP) is 2.51. The molecule has 1 saturated heterocycles. The van der Waals surface area contributed by atoms with E-state index in [-0.39, 0.29) is 23.7 Å². The van der Waals surface area contributed by atoms with E-state index in [0.29, 0.717) is 26.3 Å². The number of aryl methyl sites for hydroxylation is 1. The summed E-state index contributed by atoms with van der Waals surface area (Å²) in [6, 6.07) is 13.6. The molecule has 1 aliphatic heterocycles. The van der Waals surface area contributed by atoms with Crippen LogP contribution < -0.4 is 4.74 Å². The molecule has 2 aromatic carbocycles. The molecule has 0 saturated carbocycles. The lowest BCUT2D eigenvalue weighted by molar-refractivity contribution is 0.0450. The molecule has 0 aliphatic carbocycles. The Bertz CT molecular complexity index is 938. The first kappa shape index (κ1) is 21.3. The summed E-state index contributed by atoms with van der Waals surface area (Å²) in [6.07, 6.45) is 0.913. The third-order valence-electron chi connectivity index (χ3n) is 4.57. The van der Waals surface area contributed by atoms with E-state index in [4.69, 9.17) is 14.2 Å². The molecule has 0 spiro atoms. The predicted molar refractivity (Wildman–Crippen MR) is 108 cm³/mol. The lowest BCUT2D eigenvalue weighted by Crippen LogP contribution is -2.40. The lowest BCUT2D eigenvalue weighted by atomic mass is 10.2. The van der Waals surface area contributed by atoms with Crippen LogP contribution in [0.4, 0.5) is 0 Å². The molecule has 0 atom stereocenters. The van der Waals surface area contributed by atoms with Gasteiger partial charge in [0.15, 0.2) is 0 Å². The fraction of sp³-hybridized carbons (Fsp3) is 0.381. The van der Waals surface area contributed by atoms with Gasteiger partial charge >= 0.3 is 5.97 Å². The van der Waals surface area contributed by atoms with Gasteiger partial charge in [-0.3, -0.25) is 0 Å². The molecule has 7 nitrogen and oxygen atoms in total. The number of rotatable bonds is 8. The average Bonchev–Trinajstić information content (AvgIpc) is 2.77. The maximum Gasteiger partial charge on any atom is 0.338 e. The number of sulfonamides is 1. The molecule has 0 amide bonds. The highest BCUT2D eigenvalue weighted by atomic mass is 32.2. The number of carbonyl (C=O) groups excluding carboxylic acids is 1. The van der Waals surface area contributed by atoms with Crippen molar-refractivity contribution in [2.24, 2.45) is 0 Å². The van der Waals surface area contributed by atoms with Crippen LogP contribution in [0.15, 0.2) is 53.4 Å². The Labute approximate surface area is 171 Å². The topological polar surface area (TPSA) is 82.1 Å². The van der Waals surface area contributed by atoms with Gasteiger partial charge in [-0.2, -0.15) is 4.31 Å². The van der Waals surface area contributed by atoms with E-state index < -0.39 is 16.0 Å². The van der Waals surface area contributed by atoms with E-state index in [1.807, 2.05) is 24.3 Å². The second-order valence-corrected chi connectivity index (χ2v) is 8.47. The summed E-state index contributed by atoms with van der Waals surface area (Å²) in [5, 5.41) is 0. The Kier molecular flexibility index (Phi) is 7.24. The number of morpholine rings is 1. The maximum absolute atomic E-state index is 12.7. The lowest BCUT2D eigenvalue weighted by Gasteiger charge is -2.26. The van der Waals surface area contributed by atoms with Crippen LogP contribution in [0.1, 0.15) is 22.8 Å². The molecule has 156 valence electrons. The van der Waals surface area contributed by atoms with Crippen LogP contribution >= 0.6 is 0 Å². The normalized spacial score (nSPS) is 15.1. The fourth-order valence-electron chi connectivity index (χ4n) is 2.95. The standard InChI is InChI=1S/C21H25NO6S/c1-2-17-5-3-7-19(15-17)27-13-14-28-21(23)18-6-4-8-20(16-18)29(24,25)22-9-11-26-12-10-22/h3-8,15-16H,2,9-14H2,1H3. The number of esters is 1. The Hall–Kier alpha value is -2.42. The molecular formula is C21H25NO6S. The van der Waals surface area contributed by atoms with Gasteiger partial charge in [0.05, 0.1) is 23.7 Å². The first-order valence-electron chi connectivity index (χ1n) is 9.57. The molecule has 8 heteroatoms. The first-order chi connectivity index (χ1) is 14.0. The zero-order chi connectivity index (χ0) is 20.7. The molecule has 0 radical (unpaired) electrons. The number of hydrogen-bond acceptors (Lipinski definition) is 6. The number of benzene rings is 2.